The number of hydrogen-bond donors (Lipinski definition) is 1. The third-order valence-corrected chi connectivity index (χ3v) is 2.96. The van der Waals surface area contributed by atoms with E-state index in [1.165, 1.54) is 12.8 Å². The number of para-hydroxylation sites is 2. The van der Waals surface area contributed by atoms with Gasteiger partial charge in [0.25, 0.3) is 0 Å². The lowest BCUT2D eigenvalue weighted by Gasteiger charge is -2.19. The average molecular weight is 202 g/mol. The fourth-order valence-electron chi connectivity index (χ4n) is 2.13. The standard InChI is InChI=1S/C12H14N2O/c1-2-6-11-10(5-1)14-12(15-11)9-4-3-7-13-8-9/h1-2,5-6,9,13H,3-4,7-8H2. The van der Waals surface area contributed by atoms with E-state index in [0.29, 0.717) is 5.92 Å². The molecule has 0 spiro atoms. The highest BCUT2D eigenvalue weighted by Gasteiger charge is 2.20. The van der Waals surface area contributed by atoms with E-state index in [1.807, 2.05) is 24.3 Å². The van der Waals surface area contributed by atoms with E-state index < -0.39 is 0 Å². The van der Waals surface area contributed by atoms with Gasteiger partial charge < -0.3 is 9.73 Å². The number of piperidine rings is 1. The van der Waals surface area contributed by atoms with Crippen molar-refractivity contribution in [3.05, 3.63) is 30.2 Å². The maximum Gasteiger partial charge on any atom is 0.199 e. The van der Waals surface area contributed by atoms with Crippen LogP contribution in [0.1, 0.15) is 24.7 Å². The second-order valence-electron chi connectivity index (χ2n) is 4.06. The number of rotatable bonds is 1. The first-order valence-corrected chi connectivity index (χ1v) is 5.50. The molecule has 3 heteroatoms. The first-order valence-electron chi connectivity index (χ1n) is 5.50. The van der Waals surface area contributed by atoms with Gasteiger partial charge in [-0.2, -0.15) is 0 Å². The summed E-state index contributed by atoms with van der Waals surface area (Å²) in [5, 5.41) is 3.38. The Balaban J connectivity index is 1.96. The van der Waals surface area contributed by atoms with E-state index in [2.05, 4.69) is 10.3 Å². The molecule has 1 aromatic carbocycles. The zero-order chi connectivity index (χ0) is 10.1. The molecule has 1 aliphatic rings. The predicted octanol–water partition coefficient (Wildman–Crippen LogP) is 2.29. The fraction of sp³-hybridized carbons (Fsp3) is 0.417. The molecule has 0 bridgehead atoms. The van der Waals surface area contributed by atoms with Crippen molar-refractivity contribution in [3.63, 3.8) is 0 Å². The lowest BCUT2D eigenvalue weighted by molar-refractivity contribution is 0.387. The van der Waals surface area contributed by atoms with Crippen molar-refractivity contribution in [2.24, 2.45) is 0 Å². The van der Waals surface area contributed by atoms with Gasteiger partial charge in [0.2, 0.25) is 0 Å². The second kappa shape index (κ2) is 3.66. The van der Waals surface area contributed by atoms with E-state index in [0.717, 1.165) is 30.1 Å². The number of nitrogens with zero attached hydrogens (tertiary/aromatic N) is 1. The molecule has 1 aromatic heterocycles. The third-order valence-electron chi connectivity index (χ3n) is 2.96. The minimum atomic E-state index is 0.450. The summed E-state index contributed by atoms with van der Waals surface area (Å²) >= 11 is 0. The van der Waals surface area contributed by atoms with Gasteiger partial charge in [0, 0.05) is 12.5 Å². The summed E-state index contributed by atoms with van der Waals surface area (Å²) in [6.07, 6.45) is 2.39. The number of nitrogens with one attached hydrogen (secondary N) is 1. The van der Waals surface area contributed by atoms with Crippen LogP contribution in [0.25, 0.3) is 11.1 Å². The monoisotopic (exact) mass is 202 g/mol. The highest BCUT2D eigenvalue weighted by Crippen LogP contribution is 2.25. The van der Waals surface area contributed by atoms with Crippen LogP contribution in [0, 0.1) is 0 Å². The van der Waals surface area contributed by atoms with Crippen LogP contribution in [-0.2, 0) is 0 Å². The summed E-state index contributed by atoms with van der Waals surface area (Å²) in [6.45, 7) is 2.11. The van der Waals surface area contributed by atoms with Gasteiger partial charge in [-0.25, -0.2) is 4.98 Å². The van der Waals surface area contributed by atoms with E-state index in [-0.39, 0.29) is 0 Å². The molecule has 3 nitrogen and oxygen atoms in total. The largest absolute Gasteiger partial charge is 0.440 e. The zero-order valence-electron chi connectivity index (χ0n) is 8.57. The third kappa shape index (κ3) is 1.63. The van der Waals surface area contributed by atoms with Gasteiger partial charge >= 0.3 is 0 Å². The molecular formula is C12H14N2O. The Morgan fingerprint density at radius 3 is 3.07 bits per heavy atom. The topological polar surface area (TPSA) is 38.1 Å². The Morgan fingerprint density at radius 2 is 2.27 bits per heavy atom. The van der Waals surface area contributed by atoms with Gasteiger partial charge in [0.05, 0.1) is 0 Å². The normalized spacial score (nSPS) is 22.0. The van der Waals surface area contributed by atoms with E-state index >= 15 is 0 Å². The molecule has 1 aliphatic heterocycles. The van der Waals surface area contributed by atoms with Gasteiger partial charge in [0.15, 0.2) is 11.5 Å². The van der Waals surface area contributed by atoms with E-state index in [1.54, 1.807) is 0 Å². The van der Waals surface area contributed by atoms with E-state index in [9.17, 15) is 0 Å². The quantitative estimate of drug-likeness (QED) is 0.771. The molecule has 0 aliphatic carbocycles. The lowest BCUT2D eigenvalue weighted by atomic mass is 10.00. The van der Waals surface area contributed by atoms with Crippen molar-refractivity contribution in [1.82, 2.24) is 10.3 Å². The van der Waals surface area contributed by atoms with Crippen LogP contribution in [0.4, 0.5) is 0 Å². The molecule has 78 valence electrons. The summed E-state index contributed by atoms with van der Waals surface area (Å²) in [5.41, 5.74) is 1.87. The van der Waals surface area contributed by atoms with Crippen molar-refractivity contribution in [2.45, 2.75) is 18.8 Å². The van der Waals surface area contributed by atoms with Crippen molar-refractivity contribution in [1.29, 1.82) is 0 Å². The van der Waals surface area contributed by atoms with Crippen LogP contribution in [0.3, 0.4) is 0 Å². The average Bonchev–Trinajstić information content (AvgIpc) is 2.74. The van der Waals surface area contributed by atoms with Crippen LogP contribution in [-0.4, -0.2) is 18.1 Å². The Morgan fingerprint density at radius 1 is 1.33 bits per heavy atom. The molecule has 0 radical (unpaired) electrons. The number of oxazole rings is 1. The van der Waals surface area contributed by atoms with Crippen LogP contribution in [0.2, 0.25) is 0 Å². The Kier molecular flexibility index (Phi) is 2.18. The van der Waals surface area contributed by atoms with Crippen LogP contribution < -0.4 is 5.32 Å². The summed E-state index contributed by atoms with van der Waals surface area (Å²) in [7, 11) is 0. The molecule has 0 amide bonds. The highest BCUT2D eigenvalue weighted by molar-refractivity contribution is 5.72. The lowest BCUT2D eigenvalue weighted by Crippen LogP contribution is -2.28. The molecule has 1 atom stereocenters. The molecule has 1 N–H and O–H groups in total. The first kappa shape index (κ1) is 8.92. The highest BCUT2D eigenvalue weighted by atomic mass is 16.3. The van der Waals surface area contributed by atoms with Gasteiger partial charge in [-0.15, -0.1) is 0 Å². The molecule has 1 unspecified atom stereocenters. The van der Waals surface area contributed by atoms with Crippen molar-refractivity contribution in [3.8, 4) is 0 Å². The van der Waals surface area contributed by atoms with E-state index in [4.69, 9.17) is 4.42 Å². The summed E-state index contributed by atoms with van der Waals surface area (Å²) in [6, 6.07) is 7.95. The smallest absolute Gasteiger partial charge is 0.199 e. The molecular weight excluding hydrogens is 188 g/mol. The zero-order valence-corrected chi connectivity index (χ0v) is 8.57. The van der Waals surface area contributed by atoms with Crippen LogP contribution >= 0.6 is 0 Å². The van der Waals surface area contributed by atoms with Crippen molar-refractivity contribution < 1.29 is 4.42 Å². The molecule has 0 saturated carbocycles. The minimum Gasteiger partial charge on any atom is -0.440 e. The molecule has 3 rings (SSSR count). The molecule has 1 fully saturated rings. The first-order chi connectivity index (χ1) is 7.43. The number of fused-ring (bicyclic) bond motifs is 1. The summed E-state index contributed by atoms with van der Waals surface area (Å²) in [5.74, 6) is 1.34. The molecule has 2 heterocycles. The number of benzene rings is 1. The Bertz CT molecular complexity index is 424. The van der Waals surface area contributed by atoms with Crippen LogP contribution in [0.5, 0.6) is 0 Å². The summed E-state index contributed by atoms with van der Waals surface area (Å²) < 4.78 is 5.76. The fourth-order valence-corrected chi connectivity index (χ4v) is 2.13. The number of aromatic nitrogens is 1. The minimum absolute atomic E-state index is 0.450. The van der Waals surface area contributed by atoms with Crippen LogP contribution in [0.15, 0.2) is 28.7 Å². The number of hydrogen-bond acceptors (Lipinski definition) is 3. The maximum absolute atomic E-state index is 5.76. The SMILES string of the molecule is c1ccc2oc(C3CCCNC3)nc2c1. The van der Waals surface area contributed by atoms with Gasteiger partial charge in [-0.1, -0.05) is 12.1 Å². The van der Waals surface area contributed by atoms with Gasteiger partial charge in [-0.3, -0.25) is 0 Å². The maximum atomic E-state index is 5.76. The molecule has 2 aromatic rings. The van der Waals surface area contributed by atoms with Gasteiger partial charge in [0.1, 0.15) is 5.52 Å². The predicted molar refractivity (Wildman–Crippen MR) is 58.9 cm³/mol. The van der Waals surface area contributed by atoms with Crippen molar-refractivity contribution >= 4 is 11.1 Å². The second-order valence-corrected chi connectivity index (χ2v) is 4.06. The Hall–Kier alpha value is -1.35. The molecule has 1 saturated heterocycles. The molecule has 15 heavy (non-hydrogen) atoms. The Labute approximate surface area is 88.5 Å². The van der Waals surface area contributed by atoms with Gasteiger partial charge in [-0.05, 0) is 31.5 Å². The van der Waals surface area contributed by atoms with Crippen molar-refractivity contribution in [2.75, 3.05) is 13.1 Å². The summed E-state index contributed by atoms with van der Waals surface area (Å²) in [4.78, 5) is 4.53.